The number of aryl methyl sites for hydroxylation is 1. The number of carbonyl (C=O) groups is 1. The molecule has 0 spiro atoms. The lowest BCUT2D eigenvalue weighted by molar-refractivity contribution is 0.102. The van der Waals surface area contributed by atoms with E-state index in [0.717, 1.165) is 30.0 Å². The maximum atomic E-state index is 11.6. The van der Waals surface area contributed by atoms with Crippen LogP contribution < -0.4 is 0 Å². The first-order chi connectivity index (χ1) is 7.47. The number of rotatable bonds is 5. The highest BCUT2D eigenvalue weighted by molar-refractivity contribution is 6.30. The van der Waals surface area contributed by atoms with E-state index in [1.807, 2.05) is 34.0 Å². The summed E-state index contributed by atoms with van der Waals surface area (Å²) in [7, 11) is 4.08. The van der Waals surface area contributed by atoms with Gasteiger partial charge in [0.2, 0.25) is 0 Å². The Hall–Kier alpha value is -0.800. The lowest BCUT2D eigenvalue weighted by Gasteiger charge is -2.13. The van der Waals surface area contributed by atoms with Gasteiger partial charge in [-0.15, -0.1) is 11.6 Å². The van der Waals surface area contributed by atoms with Gasteiger partial charge >= 0.3 is 0 Å². The topological polar surface area (TPSA) is 25.2 Å². The summed E-state index contributed by atoms with van der Waals surface area (Å²) in [5, 5.41) is 0. The Morgan fingerprint density at radius 1 is 1.44 bits per heavy atom. The molecule has 0 fully saturated rings. The number of carbonyl (C=O) groups excluding carboxylic acids is 1. The fourth-order valence-electron chi connectivity index (χ4n) is 1.80. The Morgan fingerprint density at radius 2 is 2.06 bits per heavy atom. The predicted octanol–water partition coefficient (Wildman–Crippen LogP) is 2.09. The summed E-state index contributed by atoms with van der Waals surface area (Å²) in [4.78, 5) is 13.7. The molecule has 0 aliphatic heterocycles. The van der Waals surface area contributed by atoms with Crippen LogP contribution in [0.25, 0.3) is 0 Å². The lowest BCUT2D eigenvalue weighted by atomic mass is 10.2. The van der Waals surface area contributed by atoms with Crippen LogP contribution in [0, 0.1) is 13.8 Å². The normalized spacial score (nSPS) is 11.1. The monoisotopic (exact) mass is 242 g/mol. The van der Waals surface area contributed by atoms with Crippen molar-refractivity contribution in [3.8, 4) is 0 Å². The zero-order chi connectivity index (χ0) is 12.3. The second-order valence-corrected chi connectivity index (χ2v) is 4.56. The van der Waals surface area contributed by atoms with Gasteiger partial charge in [-0.25, -0.2) is 0 Å². The predicted molar refractivity (Wildman–Crippen MR) is 67.5 cm³/mol. The van der Waals surface area contributed by atoms with E-state index in [-0.39, 0.29) is 11.7 Å². The van der Waals surface area contributed by atoms with E-state index in [2.05, 4.69) is 9.47 Å². The fourth-order valence-corrected chi connectivity index (χ4v) is 1.94. The molecular formula is C12H19ClN2O. The van der Waals surface area contributed by atoms with E-state index in [4.69, 9.17) is 11.6 Å². The van der Waals surface area contributed by atoms with E-state index < -0.39 is 0 Å². The number of likely N-dealkylation sites (N-methyl/N-ethyl adjacent to an activating group) is 1. The van der Waals surface area contributed by atoms with Gasteiger partial charge in [0.05, 0.1) is 5.88 Å². The van der Waals surface area contributed by atoms with Crippen LogP contribution in [-0.2, 0) is 6.54 Å². The summed E-state index contributed by atoms with van der Waals surface area (Å²) in [5.74, 6) is 0.0590. The number of nitrogens with zero attached hydrogens (tertiary/aromatic N) is 2. The van der Waals surface area contributed by atoms with Crippen LogP contribution in [0.5, 0.6) is 0 Å². The molecule has 1 rings (SSSR count). The van der Waals surface area contributed by atoms with Crippen LogP contribution in [0.3, 0.4) is 0 Å². The van der Waals surface area contributed by atoms with Crippen LogP contribution >= 0.6 is 11.6 Å². The van der Waals surface area contributed by atoms with Crippen molar-refractivity contribution in [1.82, 2.24) is 9.47 Å². The third-order valence-corrected chi connectivity index (χ3v) is 3.01. The van der Waals surface area contributed by atoms with Gasteiger partial charge in [0, 0.05) is 30.0 Å². The molecule has 1 heterocycles. The van der Waals surface area contributed by atoms with Crippen molar-refractivity contribution in [1.29, 1.82) is 0 Å². The summed E-state index contributed by atoms with van der Waals surface area (Å²) in [6, 6.07) is 1.93. The van der Waals surface area contributed by atoms with Crippen LogP contribution in [0.15, 0.2) is 6.07 Å². The van der Waals surface area contributed by atoms with Crippen LogP contribution in [0.4, 0.5) is 0 Å². The number of hydrogen-bond acceptors (Lipinski definition) is 2. The number of aromatic nitrogens is 1. The summed E-state index contributed by atoms with van der Waals surface area (Å²) in [5.41, 5.74) is 2.89. The van der Waals surface area contributed by atoms with E-state index in [1.165, 1.54) is 0 Å². The lowest BCUT2D eigenvalue weighted by Crippen LogP contribution is -2.19. The molecule has 16 heavy (non-hydrogen) atoms. The molecular weight excluding hydrogens is 224 g/mol. The SMILES string of the molecule is Cc1cc(C(=O)CCl)c(C)n1CCN(C)C. The molecule has 3 nitrogen and oxygen atoms in total. The number of Topliss-reactive ketones (excluding diaryl/α,β-unsaturated/α-hetero) is 1. The number of hydrogen-bond donors (Lipinski definition) is 0. The molecule has 0 aliphatic rings. The fraction of sp³-hybridized carbons (Fsp3) is 0.583. The van der Waals surface area contributed by atoms with Gasteiger partial charge in [-0.05, 0) is 34.0 Å². The third kappa shape index (κ3) is 2.86. The maximum Gasteiger partial charge on any atom is 0.179 e. The summed E-state index contributed by atoms with van der Waals surface area (Å²) in [6.07, 6.45) is 0. The molecule has 0 amide bonds. The smallest absolute Gasteiger partial charge is 0.179 e. The molecule has 0 saturated carbocycles. The van der Waals surface area contributed by atoms with Crippen molar-refractivity contribution in [3.05, 3.63) is 23.0 Å². The first-order valence-corrected chi connectivity index (χ1v) is 5.91. The minimum absolute atomic E-state index is 0.00543. The van der Waals surface area contributed by atoms with Gasteiger partial charge in [0.15, 0.2) is 5.78 Å². The van der Waals surface area contributed by atoms with Crippen molar-refractivity contribution in [3.63, 3.8) is 0 Å². The van der Waals surface area contributed by atoms with Gasteiger partial charge in [0.1, 0.15) is 0 Å². The van der Waals surface area contributed by atoms with E-state index in [1.54, 1.807) is 0 Å². The molecule has 1 aromatic rings. The van der Waals surface area contributed by atoms with E-state index in [0.29, 0.717) is 0 Å². The quantitative estimate of drug-likeness (QED) is 0.584. The second kappa shape index (κ2) is 5.51. The Balaban J connectivity index is 2.93. The first-order valence-electron chi connectivity index (χ1n) is 5.38. The van der Waals surface area contributed by atoms with Gasteiger partial charge in [-0.3, -0.25) is 4.79 Å². The summed E-state index contributed by atoms with van der Waals surface area (Å²) < 4.78 is 2.17. The van der Waals surface area contributed by atoms with Gasteiger partial charge < -0.3 is 9.47 Å². The molecule has 1 aromatic heterocycles. The third-order valence-electron chi connectivity index (χ3n) is 2.77. The van der Waals surface area contributed by atoms with Gasteiger partial charge in [-0.2, -0.15) is 0 Å². The molecule has 0 saturated heterocycles. The summed E-state index contributed by atoms with van der Waals surface area (Å²) in [6.45, 7) is 5.86. The molecule has 0 N–H and O–H groups in total. The average molecular weight is 243 g/mol. The van der Waals surface area contributed by atoms with Crippen molar-refractivity contribution < 1.29 is 4.79 Å². The second-order valence-electron chi connectivity index (χ2n) is 4.30. The minimum Gasteiger partial charge on any atom is -0.347 e. The van der Waals surface area contributed by atoms with Crippen molar-refractivity contribution in [2.45, 2.75) is 20.4 Å². The molecule has 0 radical (unpaired) electrons. The standard InChI is InChI=1S/C12H19ClN2O/c1-9-7-11(12(16)8-13)10(2)15(9)6-5-14(3)4/h7H,5-6,8H2,1-4H3. The van der Waals surface area contributed by atoms with Crippen molar-refractivity contribution in [2.75, 3.05) is 26.5 Å². The largest absolute Gasteiger partial charge is 0.347 e. The van der Waals surface area contributed by atoms with E-state index >= 15 is 0 Å². The number of ketones is 1. The zero-order valence-corrected chi connectivity index (χ0v) is 11.1. The van der Waals surface area contributed by atoms with Crippen LogP contribution in [0.1, 0.15) is 21.7 Å². The molecule has 0 unspecified atom stereocenters. The highest BCUT2D eigenvalue weighted by atomic mass is 35.5. The van der Waals surface area contributed by atoms with Crippen molar-refractivity contribution in [2.24, 2.45) is 0 Å². The molecule has 4 heteroatoms. The molecule has 0 aromatic carbocycles. The van der Waals surface area contributed by atoms with Crippen LogP contribution in [-0.4, -0.2) is 41.8 Å². The molecule has 0 atom stereocenters. The highest BCUT2D eigenvalue weighted by Crippen LogP contribution is 2.16. The Kier molecular flexibility index (Phi) is 4.56. The minimum atomic E-state index is 0.00543. The van der Waals surface area contributed by atoms with Gasteiger partial charge in [0.25, 0.3) is 0 Å². The average Bonchev–Trinajstić information content (AvgIpc) is 2.51. The summed E-state index contributed by atoms with van der Waals surface area (Å²) >= 11 is 5.58. The Labute approximate surface area is 102 Å². The number of halogens is 1. The Morgan fingerprint density at radius 3 is 2.56 bits per heavy atom. The zero-order valence-electron chi connectivity index (χ0n) is 10.4. The number of alkyl halides is 1. The van der Waals surface area contributed by atoms with Crippen molar-refractivity contribution >= 4 is 17.4 Å². The first kappa shape index (κ1) is 13.3. The van der Waals surface area contributed by atoms with E-state index in [9.17, 15) is 4.79 Å². The molecule has 0 bridgehead atoms. The molecule has 0 aliphatic carbocycles. The van der Waals surface area contributed by atoms with Crippen LogP contribution in [0.2, 0.25) is 0 Å². The Bertz CT molecular complexity index is 383. The van der Waals surface area contributed by atoms with Gasteiger partial charge in [-0.1, -0.05) is 0 Å². The maximum absolute atomic E-state index is 11.6. The molecule has 90 valence electrons. The highest BCUT2D eigenvalue weighted by Gasteiger charge is 2.14.